The fourth-order valence-electron chi connectivity index (χ4n) is 2.80. The van der Waals surface area contributed by atoms with Gasteiger partial charge in [-0.1, -0.05) is 25.0 Å². The lowest BCUT2D eigenvalue weighted by Crippen LogP contribution is -2.36. The van der Waals surface area contributed by atoms with Crippen molar-refractivity contribution >= 4 is 5.69 Å². The summed E-state index contributed by atoms with van der Waals surface area (Å²) in [6.45, 7) is 5.88. The molecule has 1 heterocycles. The second kappa shape index (κ2) is 7.09. The van der Waals surface area contributed by atoms with Crippen LogP contribution in [0.5, 0.6) is 0 Å². The first kappa shape index (κ1) is 13.9. The summed E-state index contributed by atoms with van der Waals surface area (Å²) in [7, 11) is 0. The average molecular weight is 274 g/mol. The zero-order chi connectivity index (χ0) is 13.6. The Bertz CT molecular complexity index is 394. The molecule has 1 saturated heterocycles. The van der Waals surface area contributed by atoms with Gasteiger partial charge in [0.25, 0.3) is 0 Å². The minimum absolute atomic E-state index is 0.851. The first-order valence-electron chi connectivity index (χ1n) is 8.04. The summed E-state index contributed by atoms with van der Waals surface area (Å²) < 4.78 is 5.39. The maximum atomic E-state index is 5.39. The van der Waals surface area contributed by atoms with Crippen LogP contribution < -0.4 is 10.2 Å². The van der Waals surface area contributed by atoms with E-state index < -0.39 is 0 Å². The van der Waals surface area contributed by atoms with E-state index in [0.29, 0.717) is 0 Å². The molecule has 3 nitrogen and oxygen atoms in total. The van der Waals surface area contributed by atoms with Crippen LogP contribution in [0.1, 0.15) is 31.2 Å². The second-order valence-corrected chi connectivity index (χ2v) is 6.03. The topological polar surface area (TPSA) is 24.5 Å². The highest BCUT2D eigenvalue weighted by atomic mass is 16.5. The molecule has 1 N–H and O–H groups in total. The van der Waals surface area contributed by atoms with Crippen molar-refractivity contribution in [1.82, 2.24) is 5.32 Å². The summed E-state index contributed by atoms with van der Waals surface area (Å²) in [6.07, 6.45) is 5.70. The minimum Gasteiger partial charge on any atom is -0.378 e. The van der Waals surface area contributed by atoms with E-state index in [9.17, 15) is 0 Å². The lowest BCUT2D eigenvalue weighted by molar-refractivity contribution is 0.122. The lowest BCUT2D eigenvalue weighted by atomic mass is 10.1. The zero-order valence-electron chi connectivity index (χ0n) is 12.3. The van der Waals surface area contributed by atoms with Crippen molar-refractivity contribution in [2.75, 3.05) is 37.7 Å². The lowest BCUT2D eigenvalue weighted by Gasteiger charge is -2.28. The van der Waals surface area contributed by atoms with E-state index in [1.807, 2.05) is 0 Å². The molecule has 0 amide bonds. The van der Waals surface area contributed by atoms with Gasteiger partial charge in [0, 0.05) is 25.3 Å². The number of benzene rings is 1. The van der Waals surface area contributed by atoms with Crippen LogP contribution in [-0.2, 0) is 11.3 Å². The highest BCUT2D eigenvalue weighted by Gasteiger charge is 2.19. The molecule has 1 aliphatic carbocycles. The van der Waals surface area contributed by atoms with Crippen LogP contribution in [0.2, 0.25) is 0 Å². The molecule has 2 fully saturated rings. The molecule has 0 spiro atoms. The van der Waals surface area contributed by atoms with Crippen molar-refractivity contribution in [3.8, 4) is 0 Å². The van der Waals surface area contributed by atoms with Crippen molar-refractivity contribution in [3.63, 3.8) is 0 Å². The van der Waals surface area contributed by atoms with E-state index in [1.54, 1.807) is 0 Å². The summed E-state index contributed by atoms with van der Waals surface area (Å²) in [6, 6.07) is 8.98. The molecule has 0 atom stereocenters. The number of rotatable bonds is 7. The Morgan fingerprint density at radius 1 is 1.10 bits per heavy atom. The monoisotopic (exact) mass is 274 g/mol. The molecule has 2 aliphatic rings. The number of hydrogen-bond acceptors (Lipinski definition) is 3. The Balaban J connectivity index is 1.38. The summed E-state index contributed by atoms with van der Waals surface area (Å²) in [5.74, 6) is 1.06. The molecule has 20 heavy (non-hydrogen) atoms. The van der Waals surface area contributed by atoms with E-state index in [1.165, 1.54) is 36.9 Å². The van der Waals surface area contributed by atoms with Gasteiger partial charge < -0.3 is 15.0 Å². The van der Waals surface area contributed by atoms with Crippen molar-refractivity contribution < 1.29 is 4.74 Å². The quantitative estimate of drug-likeness (QED) is 0.774. The van der Waals surface area contributed by atoms with Crippen LogP contribution in [0, 0.1) is 5.92 Å². The van der Waals surface area contributed by atoms with Crippen LogP contribution in [-0.4, -0.2) is 32.8 Å². The largest absolute Gasteiger partial charge is 0.378 e. The third-order valence-electron chi connectivity index (χ3n) is 4.30. The molecule has 3 heteroatoms. The molecule has 1 aromatic rings. The molecule has 0 unspecified atom stereocenters. The van der Waals surface area contributed by atoms with Crippen molar-refractivity contribution in [2.24, 2.45) is 5.92 Å². The van der Waals surface area contributed by atoms with Crippen LogP contribution in [0.15, 0.2) is 24.3 Å². The summed E-state index contributed by atoms with van der Waals surface area (Å²) in [4.78, 5) is 2.40. The molecule has 0 bridgehead atoms. The van der Waals surface area contributed by atoms with Crippen LogP contribution in [0.3, 0.4) is 0 Å². The van der Waals surface area contributed by atoms with Gasteiger partial charge in [-0.15, -0.1) is 0 Å². The molecule has 110 valence electrons. The SMILES string of the molecule is c1cc(N2CCOCC2)ccc1CNCCCC1CC1. The third-order valence-corrected chi connectivity index (χ3v) is 4.30. The first-order valence-corrected chi connectivity index (χ1v) is 8.04. The summed E-state index contributed by atoms with van der Waals surface area (Å²) in [5.41, 5.74) is 2.71. The molecule has 0 radical (unpaired) electrons. The number of nitrogens with zero attached hydrogens (tertiary/aromatic N) is 1. The van der Waals surface area contributed by atoms with Crippen molar-refractivity contribution in [1.29, 1.82) is 0 Å². The van der Waals surface area contributed by atoms with Gasteiger partial charge in [0.2, 0.25) is 0 Å². The second-order valence-electron chi connectivity index (χ2n) is 6.03. The molecular formula is C17H26N2O. The minimum atomic E-state index is 0.851. The Morgan fingerprint density at radius 3 is 2.55 bits per heavy atom. The van der Waals surface area contributed by atoms with Gasteiger partial charge in [-0.3, -0.25) is 0 Å². The molecule has 1 aromatic carbocycles. The third kappa shape index (κ3) is 4.22. The molecular weight excluding hydrogens is 248 g/mol. The van der Waals surface area contributed by atoms with Gasteiger partial charge in [0.15, 0.2) is 0 Å². The van der Waals surface area contributed by atoms with Gasteiger partial charge in [0.1, 0.15) is 0 Å². The van der Waals surface area contributed by atoms with E-state index in [-0.39, 0.29) is 0 Å². The highest BCUT2D eigenvalue weighted by Crippen LogP contribution is 2.33. The van der Waals surface area contributed by atoms with E-state index in [2.05, 4.69) is 34.5 Å². The number of morpholine rings is 1. The van der Waals surface area contributed by atoms with Crippen molar-refractivity contribution in [2.45, 2.75) is 32.2 Å². The molecule has 3 rings (SSSR count). The van der Waals surface area contributed by atoms with Crippen LogP contribution >= 0.6 is 0 Å². The highest BCUT2D eigenvalue weighted by molar-refractivity contribution is 5.47. The normalized spacial score (nSPS) is 19.3. The van der Waals surface area contributed by atoms with Gasteiger partial charge in [-0.05, 0) is 43.0 Å². The van der Waals surface area contributed by atoms with Crippen LogP contribution in [0.4, 0.5) is 5.69 Å². The number of ether oxygens (including phenoxy) is 1. The number of anilines is 1. The summed E-state index contributed by atoms with van der Waals surface area (Å²) in [5, 5.41) is 3.55. The molecule has 0 aromatic heterocycles. The standard InChI is InChI=1S/C17H26N2O/c1(2-15-3-4-15)9-18-14-16-5-7-17(8-6-16)19-10-12-20-13-11-19/h5-8,15,18H,1-4,9-14H2. The molecule has 1 saturated carbocycles. The predicted octanol–water partition coefficient (Wildman–Crippen LogP) is 2.80. The van der Waals surface area contributed by atoms with Gasteiger partial charge in [0.05, 0.1) is 13.2 Å². The van der Waals surface area contributed by atoms with E-state index in [4.69, 9.17) is 4.74 Å². The Kier molecular flexibility index (Phi) is 4.93. The van der Waals surface area contributed by atoms with Gasteiger partial charge in [-0.2, -0.15) is 0 Å². The van der Waals surface area contributed by atoms with E-state index >= 15 is 0 Å². The van der Waals surface area contributed by atoms with E-state index in [0.717, 1.165) is 45.3 Å². The molecule has 1 aliphatic heterocycles. The maximum absolute atomic E-state index is 5.39. The first-order chi connectivity index (χ1) is 9.92. The Morgan fingerprint density at radius 2 is 1.85 bits per heavy atom. The summed E-state index contributed by atoms with van der Waals surface area (Å²) >= 11 is 0. The number of nitrogens with one attached hydrogen (secondary N) is 1. The average Bonchev–Trinajstić information content (AvgIpc) is 3.33. The zero-order valence-corrected chi connectivity index (χ0v) is 12.3. The fourth-order valence-corrected chi connectivity index (χ4v) is 2.80. The van der Waals surface area contributed by atoms with Crippen LogP contribution in [0.25, 0.3) is 0 Å². The maximum Gasteiger partial charge on any atom is 0.0642 e. The Hall–Kier alpha value is -1.06. The predicted molar refractivity (Wildman–Crippen MR) is 83.1 cm³/mol. The Labute approximate surface area is 122 Å². The van der Waals surface area contributed by atoms with Gasteiger partial charge >= 0.3 is 0 Å². The fraction of sp³-hybridized carbons (Fsp3) is 0.647. The van der Waals surface area contributed by atoms with Crippen molar-refractivity contribution in [3.05, 3.63) is 29.8 Å². The number of hydrogen-bond donors (Lipinski definition) is 1. The van der Waals surface area contributed by atoms with Gasteiger partial charge in [-0.25, -0.2) is 0 Å². The smallest absolute Gasteiger partial charge is 0.0642 e.